The molecule has 0 saturated carbocycles. The monoisotopic (exact) mass is 357 g/mol. The van der Waals surface area contributed by atoms with Gasteiger partial charge in [-0.15, -0.1) is 0 Å². The fraction of sp³-hybridized carbons (Fsp3) is 0.600. The highest BCUT2D eigenvalue weighted by Crippen LogP contribution is 2.21. The largest absolute Gasteiger partial charge is 0.481 e. The molecular formula is C15H23N3O5S. The Morgan fingerprint density at radius 2 is 2.12 bits per heavy atom. The molecule has 0 bridgehead atoms. The second-order valence-electron chi connectivity index (χ2n) is 5.75. The highest BCUT2D eigenvalue weighted by Gasteiger charge is 2.26. The Balaban J connectivity index is 1.98. The molecule has 2 rings (SSSR count). The zero-order valence-corrected chi connectivity index (χ0v) is 14.9. The lowest BCUT2D eigenvalue weighted by Gasteiger charge is -2.31. The number of nitrogens with one attached hydrogen (secondary N) is 1. The molecule has 0 spiro atoms. The van der Waals surface area contributed by atoms with Gasteiger partial charge in [-0.25, -0.2) is 12.7 Å². The van der Waals surface area contributed by atoms with Crippen molar-refractivity contribution in [3.05, 3.63) is 17.7 Å². The number of amides is 1. The van der Waals surface area contributed by atoms with Gasteiger partial charge in [-0.2, -0.15) is 4.98 Å². The number of hydrogen-bond donors (Lipinski definition) is 1. The Hall–Kier alpha value is -1.87. The summed E-state index contributed by atoms with van der Waals surface area (Å²) in [4.78, 5) is 16.4. The van der Waals surface area contributed by atoms with Gasteiger partial charge < -0.3 is 14.8 Å². The summed E-state index contributed by atoms with van der Waals surface area (Å²) in [5.74, 6) is 0.334. The highest BCUT2D eigenvalue weighted by atomic mass is 32.2. The standard InChI is InChI=1S/C15H23N3O5S/c1-22-13-7-6-12(15(17-13)23-2)14(19)16-9-11-5-4-8-18(10-11)24(3,20)21/h6-7,11H,4-5,8-10H2,1-3H3,(H,16,19)/t11-/m0/s1. The number of piperidine rings is 1. The van der Waals surface area contributed by atoms with Crippen LogP contribution in [0.15, 0.2) is 12.1 Å². The molecule has 1 aliphatic heterocycles. The summed E-state index contributed by atoms with van der Waals surface area (Å²) >= 11 is 0. The van der Waals surface area contributed by atoms with E-state index in [2.05, 4.69) is 10.3 Å². The van der Waals surface area contributed by atoms with Crippen molar-refractivity contribution in [2.45, 2.75) is 12.8 Å². The molecule has 1 aromatic heterocycles. The van der Waals surface area contributed by atoms with E-state index < -0.39 is 10.0 Å². The molecule has 0 radical (unpaired) electrons. The van der Waals surface area contributed by atoms with Crippen LogP contribution in [0.1, 0.15) is 23.2 Å². The smallest absolute Gasteiger partial charge is 0.256 e. The minimum atomic E-state index is -3.19. The summed E-state index contributed by atoms with van der Waals surface area (Å²) in [5.41, 5.74) is 0.314. The number of aromatic nitrogens is 1. The van der Waals surface area contributed by atoms with E-state index in [0.717, 1.165) is 12.8 Å². The Morgan fingerprint density at radius 3 is 2.75 bits per heavy atom. The average Bonchev–Trinajstić information content (AvgIpc) is 2.58. The summed E-state index contributed by atoms with van der Waals surface area (Å²) in [6.45, 7) is 1.37. The van der Waals surface area contributed by atoms with Gasteiger partial charge in [0.15, 0.2) is 0 Å². The summed E-state index contributed by atoms with van der Waals surface area (Å²) < 4.78 is 34.9. The molecule has 134 valence electrons. The minimum absolute atomic E-state index is 0.0922. The van der Waals surface area contributed by atoms with Crippen molar-refractivity contribution in [1.29, 1.82) is 0 Å². The molecule has 1 saturated heterocycles. The van der Waals surface area contributed by atoms with E-state index in [-0.39, 0.29) is 17.7 Å². The maximum absolute atomic E-state index is 12.3. The fourth-order valence-electron chi connectivity index (χ4n) is 2.69. The number of ether oxygens (including phenoxy) is 2. The third-order valence-electron chi connectivity index (χ3n) is 3.98. The lowest BCUT2D eigenvalue weighted by Crippen LogP contribution is -2.43. The van der Waals surface area contributed by atoms with Crippen LogP contribution in [-0.2, 0) is 10.0 Å². The third-order valence-corrected chi connectivity index (χ3v) is 5.25. The number of carbonyl (C=O) groups excluding carboxylic acids is 1. The molecule has 0 aliphatic carbocycles. The van der Waals surface area contributed by atoms with Crippen LogP contribution in [0.25, 0.3) is 0 Å². The number of hydrogen-bond acceptors (Lipinski definition) is 6. The molecular weight excluding hydrogens is 334 g/mol. The second kappa shape index (κ2) is 7.80. The lowest BCUT2D eigenvalue weighted by molar-refractivity contribution is 0.0937. The molecule has 1 aliphatic rings. The SMILES string of the molecule is COc1ccc(C(=O)NC[C@@H]2CCCN(S(C)(=O)=O)C2)c(OC)n1. The van der Waals surface area contributed by atoms with E-state index in [1.54, 1.807) is 12.1 Å². The number of methoxy groups -OCH3 is 2. The first-order chi connectivity index (χ1) is 11.3. The van der Waals surface area contributed by atoms with Crippen molar-refractivity contribution in [1.82, 2.24) is 14.6 Å². The number of pyridine rings is 1. The topological polar surface area (TPSA) is 97.8 Å². The van der Waals surface area contributed by atoms with Crippen LogP contribution in [0.2, 0.25) is 0 Å². The lowest BCUT2D eigenvalue weighted by atomic mass is 9.99. The molecule has 1 fully saturated rings. The van der Waals surface area contributed by atoms with E-state index in [4.69, 9.17) is 9.47 Å². The van der Waals surface area contributed by atoms with Crippen LogP contribution in [-0.4, -0.2) is 63.7 Å². The zero-order valence-electron chi connectivity index (χ0n) is 14.1. The van der Waals surface area contributed by atoms with Gasteiger partial charge >= 0.3 is 0 Å². The molecule has 24 heavy (non-hydrogen) atoms. The zero-order chi connectivity index (χ0) is 17.7. The average molecular weight is 357 g/mol. The Labute approximate surface area is 142 Å². The fourth-order valence-corrected chi connectivity index (χ4v) is 3.63. The summed E-state index contributed by atoms with van der Waals surface area (Å²) in [6.07, 6.45) is 2.88. The van der Waals surface area contributed by atoms with Gasteiger partial charge in [0, 0.05) is 25.7 Å². The van der Waals surface area contributed by atoms with Gasteiger partial charge in [0.05, 0.1) is 20.5 Å². The highest BCUT2D eigenvalue weighted by molar-refractivity contribution is 7.88. The molecule has 1 atom stereocenters. The third kappa shape index (κ3) is 4.57. The van der Waals surface area contributed by atoms with Crippen molar-refractivity contribution in [3.63, 3.8) is 0 Å². The Morgan fingerprint density at radius 1 is 1.38 bits per heavy atom. The number of rotatable bonds is 6. The van der Waals surface area contributed by atoms with E-state index in [0.29, 0.717) is 31.1 Å². The van der Waals surface area contributed by atoms with Crippen LogP contribution in [0.3, 0.4) is 0 Å². The van der Waals surface area contributed by atoms with Crippen LogP contribution >= 0.6 is 0 Å². The summed E-state index contributed by atoms with van der Waals surface area (Å²) in [5, 5.41) is 2.83. The molecule has 8 nitrogen and oxygen atoms in total. The molecule has 1 N–H and O–H groups in total. The van der Waals surface area contributed by atoms with E-state index in [1.165, 1.54) is 24.8 Å². The first-order valence-corrected chi connectivity index (χ1v) is 9.52. The number of carbonyl (C=O) groups is 1. The van der Waals surface area contributed by atoms with E-state index in [1.807, 2.05) is 0 Å². The van der Waals surface area contributed by atoms with Crippen LogP contribution in [0.5, 0.6) is 11.8 Å². The minimum Gasteiger partial charge on any atom is -0.481 e. The molecule has 9 heteroatoms. The van der Waals surface area contributed by atoms with Crippen LogP contribution in [0, 0.1) is 5.92 Å². The van der Waals surface area contributed by atoms with Crippen molar-refractivity contribution in [3.8, 4) is 11.8 Å². The van der Waals surface area contributed by atoms with Gasteiger partial charge in [-0.3, -0.25) is 4.79 Å². The van der Waals surface area contributed by atoms with Gasteiger partial charge in [-0.1, -0.05) is 0 Å². The predicted molar refractivity (Wildman–Crippen MR) is 88.8 cm³/mol. The van der Waals surface area contributed by atoms with Crippen molar-refractivity contribution in [2.75, 3.05) is 40.1 Å². The number of nitrogens with zero attached hydrogens (tertiary/aromatic N) is 2. The predicted octanol–water partition coefficient (Wildman–Crippen LogP) is 0.500. The molecule has 0 unspecified atom stereocenters. The first-order valence-electron chi connectivity index (χ1n) is 7.67. The van der Waals surface area contributed by atoms with E-state index >= 15 is 0 Å². The van der Waals surface area contributed by atoms with Crippen LogP contribution < -0.4 is 14.8 Å². The summed E-state index contributed by atoms with van der Waals surface area (Å²) in [6, 6.07) is 3.17. The van der Waals surface area contributed by atoms with Crippen LogP contribution in [0.4, 0.5) is 0 Å². The Bertz CT molecular complexity index is 692. The maximum atomic E-state index is 12.3. The maximum Gasteiger partial charge on any atom is 0.256 e. The van der Waals surface area contributed by atoms with E-state index in [9.17, 15) is 13.2 Å². The number of sulfonamides is 1. The van der Waals surface area contributed by atoms with Crippen molar-refractivity contribution < 1.29 is 22.7 Å². The van der Waals surface area contributed by atoms with Crippen molar-refractivity contribution >= 4 is 15.9 Å². The Kier molecular flexibility index (Phi) is 6.00. The summed E-state index contributed by atoms with van der Waals surface area (Å²) in [7, 11) is -0.273. The van der Waals surface area contributed by atoms with Gasteiger partial charge in [0.1, 0.15) is 5.56 Å². The molecule has 1 aromatic rings. The molecule has 2 heterocycles. The van der Waals surface area contributed by atoms with Gasteiger partial charge in [0.25, 0.3) is 5.91 Å². The second-order valence-corrected chi connectivity index (χ2v) is 7.73. The normalized spacial score (nSPS) is 18.9. The first kappa shape index (κ1) is 18.5. The van der Waals surface area contributed by atoms with Crippen molar-refractivity contribution in [2.24, 2.45) is 5.92 Å². The molecule has 1 amide bonds. The molecule has 0 aromatic carbocycles. The van der Waals surface area contributed by atoms with Gasteiger partial charge in [-0.05, 0) is 24.8 Å². The van der Waals surface area contributed by atoms with Gasteiger partial charge in [0.2, 0.25) is 21.8 Å². The quantitative estimate of drug-likeness (QED) is 0.796.